The van der Waals surface area contributed by atoms with Crippen molar-refractivity contribution in [1.82, 2.24) is 4.81 Å². The van der Waals surface area contributed by atoms with Crippen molar-refractivity contribution >= 4 is 36.5 Å². The molecule has 4 heteroatoms. The Morgan fingerprint density at radius 1 is 1.27 bits per heavy atom. The van der Waals surface area contributed by atoms with Gasteiger partial charge in [0.05, 0.1) is 22.9 Å². The van der Waals surface area contributed by atoms with Crippen molar-refractivity contribution in [3.8, 4) is 0 Å². The van der Waals surface area contributed by atoms with Crippen LogP contribution in [0.2, 0.25) is 0 Å². The highest BCUT2D eigenvalue weighted by Crippen LogP contribution is 2.21. The molecular weight excluding hydrogens is 298 g/mol. The molecule has 2 nitrogen and oxygen atoms in total. The summed E-state index contributed by atoms with van der Waals surface area (Å²) in [6.45, 7) is 5.39. The average Bonchev–Trinajstić information content (AvgIpc) is 2.17. The maximum Gasteiger partial charge on any atom is 0.185 e. The molecule has 0 aliphatic heterocycles. The van der Waals surface area contributed by atoms with E-state index in [-0.39, 0.29) is 0 Å². The predicted molar refractivity (Wildman–Crippen MR) is 78.1 cm³/mol. The van der Waals surface area contributed by atoms with Gasteiger partial charge in [0.1, 0.15) is 0 Å². The van der Waals surface area contributed by atoms with Gasteiger partial charge in [0.2, 0.25) is 0 Å². The zero-order valence-corrected chi connectivity index (χ0v) is 12.0. The summed E-state index contributed by atoms with van der Waals surface area (Å²) in [6.07, 6.45) is 0. The van der Waals surface area contributed by atoms with Crippen molar-refractivity contribution < 1.29 is 0 Å². The molecule has 0 aliphatic carbocycles. The minimum atomic E-state index is 0.533. The zero-order valence-electron chi connectivity index (χ0n) is 9.87. The molecule has 1 rings (SSSR count). The summed E-state index contributed by atoms with van der Waals surface area (Å²) < 4.78 is 2.25. The number of hydrogen-bond acceptors (Lipinski definition) is 2. The molecule has 15 heavy (non-hydrogen) atoms. The Morgan fingerprint density at radius 3 is 2.20 bits per heavy atom. The molecule has 0 saturated heterocycles. The van der Waals surface area contributed by atoms with Crippen LogP contribution in [0.5, 0.6) is 0 Å². The highest BCUT2D eigenvalue weighted by molar-refractivity contribution is 14.1. The lowest BCUT2D eigenvalue weighted by Crippen LogP contribution is -2.18. The molecule has 0 atom stereocenters. The van der Waals surface area contributed by atoms with E-state index >= 15 is 0 Å². The Hall–Kier alpha value is -0.225. The molecule has 0 amide bonds. The summed E-state index contributed by atoms with van der Waals surface area (Å²) in [4.78, 5) is 2.18. The third-order valence-corrected chi connectivity index (χ3v) is 3.81. The van der Waals surface area contributed by atoms with Gasteiger partial charge in [-0.05, 0) is 38.6 Å². The second-order valence-corrected chi connectivity index (χ2v) is 5.35. The van der Waals surface area contributed by atoms with Crippen molar-refractivity contribution in [2.45, 2.75) is 26.4 Å². The molecule has 0 N–H and O–H groups in total. The summed E-state index contributed by atoms with van der Waals surface area (Å²) in [6, 6.07) is 9.30. The largest absolute Gasteiger partial charge is 0.348 e. The molecule has 0 saturated carbocycles. The van der Waals surface area contributed by atoms with Crippen LogP contribution in [0.3, 0.4) is 0 Å². The Balaban J connectivity index is 2.72. The summed E-state index contributed by atoms with van der Waals surface area (Å²) in [7, 11) is 4.18. The van der Waals surface area contributed by atoms with Crippen molar-refractivity contribution in [3.05, 3.63) is 29.8 Å². The van der Waals surface area contributed by atoms with E-state index in [1.165, 1.54) is 11.3 Å². The van der Waals surface area contributed by atoms with Crippen LogP contribution in [0, 0.1) is 0 Å². The summed E-state index contributed by atoms with van der Waals surface area (Å²) in [5.41, 5.74) is 2.63. The zero-order chi connectivity index (χ0) is 11.4. The second-order valence-electron chi connectivity index (χ2n) is 4.31. The molecule has 0 aromatic heterocycles. The van der Waals surface area contributed by atoms with Crippen LogP contribution in [-0.4, -0.2) is 25.9 Å². The lowest BCUT2D eigenvalue weighted by atomic mass is 10.1. The molecule has 0 radical (unpaired) electrons. The van der Waals surface area contributed by atoms with Gasteiger partial charge in [-0.15, -0.1) is 0 Å². The Kier molecular flexibility index (Phi) is 4.92. The number of rotatable bonds is 4. The first kappa shape index (κ1) is 12.8. The monoisotopic (exact) mass is 316 g/mol. The molecule has 82 valence electrons. The standard InChI is InChI=1S/C11H18BIN2/c1-9(2)15(13)11-6-4-10(5-7-11)8-14(3)12/h4-7,9H,8,12H2,1-3H3. The van der Waals surface area contributed by atoms with Crippen LogP contribution in [0.4, 0.5) is 5.69 Å². The van der Waals surface area contributed by atoms with Gasteiger partial charge in [-0.2, -0.15) is 0 Å². The van der Waals surface area contributed by atoms with E-state index in [9.17, 15) is 0 Å². The summed E-state index contributed by atoms with van der Waals surface area (Å²) in [5, 5.41) is 0. The lowest BCUT2D eigenvalue weighted by molar-refractivity contribution is 0.544. The quantitative estimate of drug-likeness (QED) is 0.477. The molecule has 0 heterocycles. The first-order valence-electron chi connectivity index (χ1n) is 5.19. The number of nitrogens with zero attached hydrogens (tertiary/aromatic N) is 2. The van der Waals surface area contributed by atoms with E-state index in [1.54, 1.807) is 0 Å². The van der Waals surface area contributed by atoms with Gasteiger partial charge in [0.25, 0.3) is 0 Å². The average molecular weight is 316 g/mol. The number of benzene rings is 1. The van der Waals surface area contributed by atoms with Gasteiger partial charge in [-0.1, -0.05) is 12.1 Å². The van der Waals surface area contributed by atoms with E-state index in [4.69, 9.17) is 0 Å². The Morgan fingerprint density at radius 2 is 1.80 bits per heavy atom. The SMILES string of the molecule is BN(C)Cc1ccc(N(I)C(C)C)cc1. The first-order chi connectivity index (χ1) is 7.00. The molecule has 1 aromatic rings. The van der Waals surface area contributed by atoms with Crippen molar-refractivity contribution in [1.29, 1.82) is 0 Å². The van der Waals surface area contributed by atoms with E-state index in [0.717, 1.165) is 6.54 Å². The number of hydrogen-bond donors (Lipinski definition) is 0. The molecule has 1 aromatic carbocycles. The van der Waals surface area contributed by atoms with E-state index in [2.05, 4.69) is 83.9 Å². The maximum atomic E-state index is 2.36. The van der Waals surface area contributed by atoms with Crippen LogP contribution in [0.25, 0.3) is 0 Å². The highest BCUT2D eigenvalue weighted by Gasteiger charge is 2.06. The minimum absolute atomic E-state index is 0.533. The van der Waals surface area contributed by atoms with E-state index in [1.807, 2.05) is 0 Å². The number of anilines is 1. The highest BCUT2D eigenvalue weighted by atomic mass is 127. The fourth-order valence-corrected chi connectivity index (χ4v) is 1.73. The fourth-order valence-electron chi connectivity index (χ4n) is 1.41. The van der Waals surface area contributed by atoms with Crippen LogP contribution >= 0.6 is 22.9 Å². The maximum absolute atomic E-state index is 2.36. The minimum Gasteiger partial charge on any atom is -0.348 e. The van der Waals surface area contributed by atoms with Crippen LogP contribution in [-0.2, 0) is 6.54 Å². The van der Waals surface area contributed by atoms with Crippen LogP contribution < -0.4 is 3.11 Å². The van der Waals surface area contributed by atoms with Crippen LogP contribution in [0.1, 0.15) is 19.4 Å². The molecular formula is C11H18BIN2. The number of halogens is 1. The molecule has 0 aliphatic rings. The van der Waals surface area contributed by atoms with E-state index in [0.29, 0.717) is 6.04 Å². The van der Waals surface area contributed by atoms with Crippen molar-refractivity contribution in [3.63, 3.8) is 0 Å². The second kappa shape index (κ2) is 5.75. The van der Waals surface area contributed by atoms with Gasteiger partial charge in [-0.25, -0.2) is 0 Å². The molecule has 0 fully saturated rings. The van der Waals surface area contributed by atoms with Gasteiger partial charge in [0, 0.05) is 18.3 Å². The summed E-state index contributed by atoms with van der Waals surface area (Å²) >= 11 is 2.36. The van der Waals surface area contributed by atoms with E-state index < -0.39 is 0 Å². The first-order valence-corrected chi connectivity index (χ1v) is 6.16. The topological polar surface area (TPSA) is 6.48 Å². The fraction of sp³-hybridized carbons (Fsp3) is 0.455. The molecule has 0 spiro atoms. The Labute approximate surface area is 108 Å². The van der Waals surface area contributed by atoms with Crippen molar-refractivity contribution in [2.75, 3.05) is 10.2 Å². The Bertz CT molecular complexity index is 298. The van der Waals surface area contributed by atoms with Gasteiger partial charge in [0.15, 0.2) is 7.98 Å². The van der Waals surface area contributed by atoms with Gasteiger partial charge in [-0.3, -0.25) is 0 Å². The van der Waals surface area contributed by atoms with Gasteiger partial charge >= 0.3 is 0 Å². The molecule has 0 unspecified atom stereocenters. The smallest absolute Gasteiger partial charge is 0.185 e. The van der Waals surface area contributed by atoms with Crippen LogP contribution in [0.15, 0.2) is 24.3 Å². The normalized spacial score (nSPS) is 11.1. The lowest BCUT2D eigenvalue weighted by Gasteiger charge is -2.21. The van der Waals surface area contributed by atoms with Gasteiger partial charge < -0.3 is 7.92 Å². The summed E-state index contributed by atoms with van der Waals surface area (Å²) in [5.74, 6) is 0. The van der Waals surface area contributed by atoms with Crippen molar-refractivity contribution in [2.24, 2.45) is 0 Å². The third kappa shape index (κ3) is 4.03. The molecule has 0 bridgehead atoms. The predicted octanol–water partition coefficient (Wildman–Crippen LogP) is 2.23. The third-order valence-electron chi connectivity index (χ3n) is 2.14.